The molecule has 0 bridgehead atoms. The average molecular weight is 262 g/mol. The number of nitrogen functional groups attached to an aromatic ring is 1. The lowest BCUT2D eigenvalue weighted by Gasteiger charge is -2.09. The Balaban J connectivity index is 2.57. The Hall–Kier alpha value is -1.92. The van der Waals surface area contributed by atoms with E-state index in [1.807, 2.05) is 0 Å². The molecule has 0 radical (unpaired) electrons. The summed E-state index contributed by atoms with van der Waals surface area (Å²) in [4.78, 5) is 11.2. The molecule has 0 spiro atoms. The van der Waals surface area contributed by atoms with E-state index >= 15 is 0 Å². The van der Waals surface area contributed by atoms with E-state index in [-0.39, 0.29) is 0 Å². The quantitative estimate of drug-likeness (QED) is 0.819. The van der Waals surface area contributed by atoms with Gasteiger partial charge in [0.1, 0.15) is 5.75 Å². The molecule has 0 atom stereocenters. The smallest absolute Gasteiger partial charge is 0.389 e. The second kappa shape index (κ2) is 5.61. The van der Waals surface area contributed by atoms with Crippen molar-refractivity contribution in [3.05, 3.63) is 18.2 Å². The number of hydrogen-bond acceptors (Lipinski definition) is 3. The van der Waals surface area contributed by atoms with E-state index in [1.165, 1.54) is 25.3 Å². The molecular weight excluding hydrogens is 249 g/mol. The number of ether oxygens (including phenoxy) is 1. The molecule has 0 aliphatic rings. The highest BCUT2D eigenvalue weighted by Gasteiger charge is 2.27. The highest BCUT2D eigenvalue weighted by Crippen LogP contribution is 2.25. The number of rotatable bonds is 4. The van der Waals surface area contributed by atoms with Crippen LogP contribution in [-0.2, 0) is 4.79 Å². The summed E-state index contributed by atoms with van der Waals surface area (Å²) in [5, 5.41) is 2.33. The Morgan fingerprint density at radius 1 is 1.44 bits per heavy atom. The molecule has 0 aromatic heterocycles. The summed E-state index contributed by atoms with van der Waals surface area (Å²) in [6, 6.07) is 4.44. The molecule has 4 nitrogen and oxygen atoms in total. The molecule has 1 aromatic rings. The summed E-state index contributed by atoms with van der Waals surface area (Å²) in [6.45, 7) is 0. The van der Waals surface area contributed by atoms with E-state index in [0.717, 1.165) is 0 Å². The first-order valence-corrected chi connectivity index (χ1v) is 5.12. The zero-order chi connectivity index (χ0) is 13.8. The van der Waals surface area contributed by atoms with Gasteiger partial charge in [-0.25, -0.2) is 0 Å². The number of alkyl halides is 3. The summed E-state index contributed by atoms with van der Waals surface area (Å²) >= 11 is 0. The number of methoxy groups -OCH3 is 1. The Bertz CT molecular complexity index is 433. The molecule has 0 fully saturated rings. The topological polar surface area (TPSA) is 64.3 Å². The summed E-state index contributed by atoms with van der Waals surface area (Å²) in [7, 11) is 1.44. The van der Waals surface area contributed by atoms with Crippen molar-refractivity contribution in [2.45, 2.75) is 19.0 Å². The molecule has 0 heterocycles. The fourth-order valence-corrected chi connectivity index (χ4v) is 1.29. The van der Waals surface area contributed by atoms with Gasteiger partial charge in [-0.05, 0) is 18.2 Å². The van der Waals surface area contributed by atoms with E-state index in [1.54, 1.807) is 0 Å². The lowest BCUT2D eigenvalue weighted by molar-refractivity contribution is -0.142. The number of amides is 1. The maximum absolute atomic E-state index is 11.9. The third-order valence-electron chi connectivity index (χ3n) is 2.15. The molecule has 100 valence electrons. The van der Waals surface area contributed by atoms with Gasteiger partial charge in [0.15, 0.2) is 0 Å². The number of nitrogens with two attached hydrogens (primary N) is 1. The van der Waals surface area contributed by atoms with E-state index in [0.29, 0.717) is 17.1 Å². The van der Waals surface area contributed by atoms with Crippen LogP contribution in [0.1, 0.15) is 12.8 Å². The average Bonchev–Trinajstić information content (AvgIpc) is 2.26. The molecule has 1 rings (SSSR count). The molecule has 3 N–H and O–H groups in total. The molecule has 0 aliphatic heterocycles. The first kappa shape index (κ1) is 14.1. The minimum absolute atomic E-state index is 0.297. The van der Waals surface area contributed by atoms with Crippen LogP contribution < -0.4 is 15.8 Å². The fourth-order valence-electron chi connectivity index (χ4n) is 1.29. The van der Waals surface area contributed by atoms with E-state index in [9.17, 15) is 18.0 Å². The molecule has 18 heavy (non-hydrogen) atoms. The molecule has 1 aromatic carbocycles. The summed E-state index contributed by atoms with van der Waals surface area (Å²) in [5.41, 5.74) is 6.23. The lowest BCUT2D eigenvalue weighted by Crippen LogP contribution is -2.16. The number of nitrogens with one attached hydrogen (secondary N) is 1. The van der Waals surface area contributed by atoms with Crippen molar-refractivity contribution in [1.29, 1.82) is 0 Å². The van der Waals surface area contributed by atoms with Crippen LogP contribution in [0.25, 0.3) is 0 Å². The van der Waals surface area contributed by atoms with Gasteiger partial charge in [-0.15, -0.1) is 0 Å². The number of carbonyl (C=O) groups excluding carboxylic acids is 1. The van der Waals surface area contributed by atoms with Crippen molar-refractivity contribution >= 4 is 17.3 Å². The third kappa shape index (κ3) is 4.52. The number of benzene rings is 1. The van der Waals surface area contributed by atoms with Gasteiger partial charge in [0.2, 0.25) is 5.91 Å². The largest absolute Gasteiger partial charge is 0.495 e. The Kier molecular flexibility index (Phi) is 4.41. The first-order chi connectivity index (χ1) is 8.31. The van der Waals surface area contributed by atoms with Crippen molar-refractivity contribution in [2.75, 3.05) is 18.2 Å². The van der Waals surface area contributed by atoms with Crippen LogP contribution in [0.5, 0.6) is 5.75 Å². The third-order valence-corrected chi connectivity index (χ3v) is 2.15. The SMILES string of the molecule is COc1ccc(NC(=O)CCC(F)(F)F)cc1N. The van der Waals surface area contributed by atoms with Crippen LogP contribution >= 0.6 is 0 Å². The highest BCUT2D eigenvalue weighted by molar-refractivity contribution is 5.91. The summed E-state index contributed by atoms with van der Waals surface area (Å²) < 4.78 is 40.6. The predicted molar refractivity (Wildman–Crippen MR) is 61.3 cm³/mol. The Morgan fingerprint density at radius 3 is 2.61 bits per heavy atom. The number of anilines is 2. The molecule has 1 amide bonds. The zero-order valence-electron chi connectivity index (χ0n) is 9.67. The first-order valence-electron chi connectivity index (χ1n) is 5.12. The van der Waals surface area contributed by atoms with Crippen molar-refractivity contribution in [1.82, 2.24) is 0 Å². The van der Waals surface area contributed by atoms with Gasteiger partial charge >= 0.3 is 6.18 Å². The van der Waals surface area contributed by atoms with Gasteiger partial charge in [-0.3, -0.25) is 4.79 Å². The van der Waals surface area contributed by atoms with E-state index in [2.05, 4.69) is 5.32 Å². The summed E-state index contributed by atoms with van der Waals surface area (Å²) in [5.74, 6) is -0.278. The van der Waals surface area contributed by atoms with Crippen LogP contribution in [0, 0.1) is 0 Å². The van der Waals surface area contributed by atoms with Crippen LogP contribution in [-0.4, -0.2) is 19.2 Å². The van der Waals surface area contributed by atoms with Gasteiger partial charge in [-0.2, -0.15) is 13.2 Å². The van der Waals surface area contributed by atoms with Crippen LogP contribution in [0.3, 0.4) is 0 Å². The van der Waals surface area contributed by atoms with Gasteiger partial charge in [0.25, 0.3) is 0 Å². The lowest BCUT2D eigenvalue weighted by atomic mass is 10.2. The number of halogens is 3. The van der Waals surface area contributed by atoms with Crippen LogP contribution in [0.4, 0.5) is 24.5 Å². The maximum atomic E-state index is 11.9. The predicted octanol–water partition coefficient (Wildman–Crippen LogP) is 2.56. The maximum Gasteiger partial charge on any atom is 0.389 e. The Labute approximate surface area is 102 Å². The van der Waals surface area contributed by atoms with Crippen molar-refractivity contribution in [3.8, 4) is 5.75 Å². The van der Waals surface area contributed by atoms with Crippen LogP contribution in [0.15, 0.2) is 18.2 Å². The van der Waals surface area contributed by atoms with Crippen molar-refractivity contribution < 1.29 is 22.7 Å². The van der Waals surface area contributed by atoms with E-state index in [4.69, 9.17) is 10.5 Å². The van der Waals surface area contributed by atoms with Crippen molar-refractivity contribution in [2.24, 2.45) is 0 Å². The van der Waals surface area contributed by atoms with E-state index < -0.39 is 24.9 Å². The zero-order valence-corrected chi connectivity index (χ0v) is 9.67. The number of hydrogen-bond donors (Lipinski definition) is 2. The molecule has 0 saturated carbocycles. The normalized spacial score (nSPS) is 11.1. The van der Waals surface area contributed by atoms with Gasteiger partial charge < -0.3 is 15.8 Å². The molecular formula is C11H13F3N2O2. The molecule has 0 aliphatic carbocycles. The number of carbonyl (C=O) groups is 1. The second-order valence-electron chi connectivity index (χ2n) is 3.62. The van der Waals surface area contributed by atoms with Crippen molar-refractivity contribution in [3.63, 3.8) is 0 Å². The molecule has 0 unspecified atom stereocenters. The van der Waals surface area contributed by atoms with Gasteiger partial charge in [-0.1, -0.05) is 0 Å². The second-order valence-corrected chi connectivity index (χ2v) is 3.62. The highest BCUT2D eigenvalue weighted by atomic mass is 19.4. The van der Waals surface area contributed by atoms with Gasteiger partial charge in [0.05, 0.1) is 19.2 Å². The van der Waals surface area contributed by atoms with Crippen LogP contribution in [0.2, 0.25) is 0 Å². The minimum Gasteiger partial charge on any atom is -0.495 e. The molecule has 7 heteroatoms. The Morgan fingerprint density at radius 2 is 2.11 bits per heavy atom. The minimum atomic E-state index is -4.34. The monoisotopic (exact) mass is 262 g/mol. The summed E-state index contributed by atoms with van der Waals surface area (Å²) in [6.07, 6.45) is -6.10. The fraction of sp³-hybridized carbons (Fsp3) is 0.364. The van der Waals surface area contributed by atoms with Gasteiger partial charge in [0, 0.05) is 12.1 Å². The standard InChI is InChI=1S/C11H13F3N2O2/c1-18-9-3-2-7(6-8(9)15)16-10(17)4-5-11(12,13)14/h2-3,6H,4-5,15H2,1H3,(H,16,17). The molecule has 0 saturated heterocycles.